The molecule has 2 N–H and O–H groups in total. The summed E-state index contributed by atoms with van der Waals surface area (Å²) >= 11 is 11.8. The standard InChI is InChI=1S/C15H20Cl2N2O.ClH/c1-9-5-6-18-10(2)15(9)19-14(20)8-11-3-4-12(16)13(17)7-11;/h3-4,7,9-10,15,18H,5-6,8H2,1-2H3,(H,19,20);1H. The van der Waals surface area contributed by atoms with Gasteiger partial charge >= 0.3 is 0 Å². The molecule has 0 aromatic heterocycles. The van der Waals surface area contributed by atoms with Crippen LogP contribution in [0.5, 0.6) is 0 Å². The number of halogens is 3. The highest BCUT2D eigenvalue weighted by molar-refractivity contribution is 6.42. The van der Waals surface area contributed by atoms with Crippen LogP contribution in [0.4, 0.5) is 0 Å². The van der Waals surface area contributed by atoms with Crippen LogP contribution >= 0.6 is 35.6 Å². The van der Waals surface area contributed by atoms with Gasteiger partial charge in [-0.1, -0.05) is 36.2 Å². The zero-order valence-electron chi connectivity index (χ0n) is 12.2. The van der Waals surface area contributed by atoms with Gasteiger partial charge in [-0.05, 0) is 43.5 Å². The fourth-order valence-corrected chi connectivity index (χ4v) is 3.00. The molecule has 3 nitrogen and oxygen atoms in total. The normalized spacial score (nSPS) is 25.0. The molecule has 1 aromatic carbocycles. The first-order chi connectivity index (χ1) is 9.47. The van der Waals surface area contributed by atoms with Gasteiger partial charge in [0.15, 0.2) is 0 Å². The van der Waals surface area contributed by atoms with Crippen molar-refractivity contribution in [3.63, 3.8) is 0 Å². The van der Waals surface area contributed by atoms with Crippen LogP contribution in [0.15, 0.2) is 18.2 Å². The summed E-state index contributed by atoms with van der Waals surface area (Å²) in [6, 6.07) is 5.78. The Morgan fingerprint density at radius 1 is 1.33 bits per heavy atom. The minimum absolute atomic E-state index is 0. The molecule has 6 heteroatoms. The van der Waals surface area contributed by atoms with E-state index in [4.69, 9.17) is 23.2 Å². The molecule has 3 unspecified atom stereocenters. The third-order valence-corrected chi connectivity index (χ3v) is 4.63. The first kappa shape index (κ1) is 18.6. The molecule has 0 bridgehead atoms. The quantitative estimate of drug-likeness (QED) is 0.875. The van der Waals surface area contributed by atoms with Crippen molar-refractivity contribution in [2.45, 2.75) is 38.8 Å². The smallest absolute Gasteiger partial charge is 0.224 e. The van der Waals surface area contributed by atoms with Crippen molar-refractivity contribution in [2.75, 3.05) is 6.54 Å². The van der Waals surface area contributed by atoms with Crippen molar-refractivity contribution in [3.8, 4) is 0 Å². The average Bonchev–Trinajstić information content (AvgIpc) is 2.38. The Kier molecular flexibility index (Phi) is 7.28. The summed E-state index contributed by atoms with van der Waals surface area (Å²) in [4.78, 5) is 12.2. The van der Waals surface area contributed by atoms with Crippen molar-refractivity contribution in [2.24, 2.45) is 5.92 Å². The molecule has 1 fully saturated rings. The van der Waals surface area contributed by atoms with Crippen LogP contribution in [0, 0.1) is 5.92 Å². The zero-order chi connectivity index (χ0) is 14.7. The van der Waals surface area contributed by atoms with Crippen molar-refractivity contribution in [3.05, 3.63) is 33.8 Å². The highest BCUT2D eigenvalue weighted by Gasteiger charge is 2.28. The van der Waals surface area contributed by atoms with Gasteiger partial charge in [-0.15, -0.1) is 12.4 Å². The third kappa shape index (κ3) is 5.03. The molecule has 0 spiro atoms. The summed E-state index contributed by atoms with van der Waals surface area (Å²) in [5.74, 6) is 0.514. The van der Waals surface area contributed by atoms with E-state index in [1.807, 2.05) is 6.07 Å². The third-order valence-electron chi connectivity index (χ3n) is 3.89. The number of rotatable bonds is 3. The summed E-state index contributed by atoms with van der Waals surface area (Å²) < 4.78 is 0. The van der Waals surface area contributed by atoms with Gasteiger partial charge in [0.05, 0.1) is 16.5 Å². The summed E-state index contributed by atoms with van der Waals surface area (Å²) in [5.41, 5.74) is 0.876. The highest BCUT2D eigenvalue weighted by atomic mass is 35.5. The van der Waals surface area contributed by atoms with E-state index in [0.29, 0.717) is 28.4 Å². The van der Waals surface area contributed by atoms with Crippen molar-refractivity contribution >= 4 is 41.5 Å². The van der Waals surface area contributed by atoms with Gasteiger partial charge in [-0.25, -0.2) is 0 Å². The van der Waals surface area contributed by atoms with E-state index in [1.165, 1.54) is 0 Å². The SMILES string of the molecule is CC1CCNC(C)C1NC(=O)Cc1ccc(Cl)c(Cl)c1.Cl. The van der Waals surface area contributed by atoms with Crippen LogP contribution in [-0.2, 0) is 11.2 Å². The molecule has 1 aliphatic heterocycles. The second kappa shape index (κ2) is 8.23. The van der Waals surface area contributed by atoms with E-state index < -0.39 is 0 Å². The number of carbonyl (C=O) groups excluding carboxylic acids is 1. The Morgan fingerprint density at radius 2 is 2.05 bits per heavy atom. The molecule has 0 aliphatic carbocycles. The van der Waals surface area contributed by atoms with Gasteiger partial charge in [0.25, 0.3) is 0 Å². The summed E-state index contributed by atoms with van der Waals surface area (Å²) in [5, 5.41) is 7.51. The first-order valence-corrected chi connectivity index (χ1v) is 7.69. The maximum Gasteiger partial charge on any atom is 0.224 e. The zero-order valence-corrected chi connectivity index (χ0v) is 14.5. The number of carbonyl (C=O) groups is 1. The summed E-state index contributed by atoms with van der Waals surface area (Å²) in [6.07, 6.45) is 1.41. The molecule has 118 valence electrons. The lowest BCUT2D eigenvalue weighted by Gasteiger charge is -2.36. The van der Waals surface area contributed by atoms with Crippen LogP contribution in [0.25, 0.3) is 0 Å². The van der Waals surface area contributed by atoms with Gasteiger partial charge in [-0.3, -0.25) is 4.79 Å². The van der Waals surface area contributed by atoms with Gasteiger partial charge in [0, 0.05) is 12.1 Å². The number of benzene rings is 1. The fourth-order valence-electron chi connectivity index (χ4n) is 2.68. The molecule has 1 heterocycles. The Hall–Kier alpha value is -0.480. The molecule has 2 rings (SSSR count). The highest BCUT2D eigenvalue weighted by Crippen LogP contribution is 2.23. The van der Waals surface area contributed by atoms with Crippen molar-refractivity contribution < 1.29 is 4.79 Å². The molecule has 1 aromatic rings. The molecular weight excluding hydrogens is 331 g/mol. The van der Waals surface area contributed by atoms with Gasteiger partial charge < -0.3 is 10.6 Å². The predicted molar refractivity (Wildman–Crippen MR) is 90.6 cm³/mol. The van der Waals surface area contributed by atoms with E-state index in [1.54, 1.807) is 12.1 Å². The number of nitrogens with one attached hydrogen (secondary N) is 2. The Labute approximate surface area is 142 Å². The molecule has 21 heavy (non-hydrogen) atoms. The van der Waals surface area contributed by atoms with Crippen LogP contribution < -0.4 is 10.6 Å². The first-order valence-electron chi connectivity index (χ1n) is 6.94. The van der Waals surface area contributed by atoms with Gasteiger partial charge in [-0.2, -0.15) is 0 Å². The number of piperidine rings is 1. The monoisotopic (exact) mass is 350 g/mol. The second-order valence-corrected chi connectivity index (χ2v) is 6.34. The maximum atomic E-state index is 12.2. The second-order valence-electron chi connectivity index (χ2n) is 5.53. The predicted octanol–water partition coefficient (Wildman–Crippen LogP) is 3.46. The minimum atomic E-state index is 0. The van der Waals surface area contributed by atoms with Crippen molar-refractivity contribution in [1.29, 1.82) is 0 Å². The molecule has 3 atom stereocenters. The molecular formula is C15H21Cl3N2O. The van der Waals surface area contributed by atoms with E-state index in [9.17, 15) is 4.79 Å². The summed E-state index contributed by atoms with van der Waals surface area (Å²) in [6.45, 7) is 5.31. The van der Waals surface area contributed by atoms with E-state index in [0.717, 1.165) is 18.5 Å². The largest absolute Gasteiger partial charge is 0.351 e. The van der Waals surface area contributed by atoms with Crippen LogP contribution in [0.1, 0.15) is 25.8 Å². The number of amides is 1. The average molecular weight is 352 g/mol. The Morgan fingerprint density at radius 3 is 2.67 bits per heavy atom. The molecule has 1 amide bonds. The molecule has 0 radical (unpaired) electrons. The van der Waals surface area contributed by atoms with Gasteiger partial charge in [0.1, 0.15) is 0 Å². The fraction of sp³-hybridized carbons (Fsp3) is 0.533. The topological polar surface area (TPSA) is 41.1 Å². The maximum absolute atomic E-state index is 12.2. The van der Waals surface area contributed by atoms with Crippen LogP contribution in [-0.4, -0.2) is 24.5 Å². The lowest BCUT2D eigenvalue weighted by Crippen LogP contribution is -2.56. The van der Waals surface area contributed by atoms with Gasteiger partial charge in [0.2, 0.25) is 5.91 Å². The van der Waals surface area contributed by atoms with Crippen molar-refractivity contribution in [1.82, 2.24) is 10.6 Å². The Balaban J connectivity index is 0.00000220. The van der Waals surface area contributed by atoms with E-state index >= 15 is 0 Å². The lowest BCUT2D eigenvalue weighted by molar-refractivity contribution is -0.121. The Bertz CT molecular complexity index is 486. The number of hydrogen-bond acceptors (Lipinski definition) is 2. The lowest BCUT2D eigenvalue weighted by atomic mass is 9.89. The molecule has 1 saturated heterocycles. The van der Waals surface area contributed by atoms with E-state index in [2.05, 4.69) is 24.5 Å². The molecule has 0 saturated carbocycles. The van der Waals surface area contributed by atoms with Crippen LogP contribution in [0.2, 0.25) is 10.0 Å². The number of hydrogen-bond donors (Lipinski definition) is 2. The van der Waals surface area contributed by atoms with Crippen LogP contribution in [0.3, 0.4) is 0 Å². The minimum Gasteiger partial charge on any atom is -0.351 e. The van der Waals surface area contributed by atoms with E-state index in [-0.39, 0.29) is 24.4 Å². The molecule has 1 aliphatic rings. The summed E-state index contributed by atoms with van der Waals surface area (Å²) in [7, 11) is 0.